The van der Waals surface area contributed by atoms with Crippen molar-refractivity contribution in [3.8, 4) is 5.75 Å². The van der Waals surface area contributed by atoms with Gasteiger partial charge in [0.15, 0.2) is 5.75 Å². The summed E-state index contributed by atoms with van der Waals surface area (Å²) in [6, 6.07) is 0.390. The Morgan fingerprint density at radius 3 is 2.65 bits per heavy atom. The third-order valence-electron chi connectivity index (χ3n) is 4.69. The van der Waals surface area contributed by atoms with Gasteiger partial charge < -0.3 is 9.47 Å². The molecule has 0 unspecified atom stereocenters. The van der Waals surface area contributed by atoms with Crippen molar-refractivity contribution < 1.29 is 18.3 Å². The van der Waals surface area contributed by atoms with E-state index in [9.17, 15) is 8.78 Å². The van der Waals surface area contributed by atoms with Gasteiger partial charge >= 0.3 is 6.61 Å². The lowest BCUT2D eigenvalue weighted by Crippen LogP contribution is -2.61. The minimum Gasteiger partial charge on any atom is -0.455 e. The number of alkyl halides is 2. The predicted molar refractivity (Wildman–Crippen MR) is 77.6 cm³/mol. The molecule has 7 nitrogen and oxygen atoms in total. The standard InChI is InChI=1S/C14H17F2N5O2/c15-11(16)22-10-5-17-12(18-6-10)20-13-19-7-14(23-13)8-21-3-1-9(14)2-4-21/h5-6,9,11H,1-4,7-8H2,(H,17,18,19,20)/t14-/m0/s1. The average Bonchev–Trinajstić information content (AvgIpc) is 2.92. The fourth-order valence-corrected chi connectivity index (χ4v) is 3.59. The smallest absolute Gasteiger partial charge is 0.387 e. The first-order valence-corrected chi connectivity index (χ1v) is 7.63. The summed E-state index contributed by atoms with van der Waals surface area (Å²) in [5.41, 5.74) is -0.239. The highest BCUT2D eigenvalue weighted by Crippen LogP contribution is 2.40. The summed E-state index contributed by atoms with van der Waals surface area (Å²) in [5.74, 6) is 0.677. The van der Waals surface area contributed by atoms with E-state index in [4.69, 9.17) is 4.74 Å². The number of ether oxygens (including phenoxy) is 2. The van der Waals surface area contributed by atoms with Crippen LogP contribution in [-0.4, -0.2) is 59.3 Å². The Bertz CT molecular complexity index is 604. The van der Waals surface area contributed by atoms with Crippen LogP contribution in [0.25, 0.3) is 0 Å². The Kier molecular flexibility index (Phi) is 3.51. The normalized spacial score (nSPS) is 32.0. The quantitative estimate of drug-likeness (QED) is 0.904. The monoisotopic (exact) mass is 325 g/mol. The molecule has 9 heteroatoms. The van der Waals surface area contributed by atoms with Gasteiger partial charge in [-0.2, -0.15) is 8.78 Å². The number of piperidine rings is 3. The van der Waals surface area contributed by atoms with E-state index in [-0.39, 0.29) is 17.3 Å². The number of rotatable bonds is 3. The molecule has 1 aromatic heterocycles. The zero-order chi connectivity index (χ0) is 15.9. The van der Waals surface area contributed by atoms with Crippen molar-refractivity contribution in [2.24, 2.45) is 10.9 Å². The van der Waals surface area contributed by atoms with Crippen LogP contribution in [0.5, 0.6) is 5.75 Å². The van der Waals surface area contributed by atoms with E-state index in [0.29, 0.717) is 18.5 Å². The van der Waals surface area contributed by atoms with Crippen molar-refractivity contribution in [2.45, 2.75) is 25.1 Å². The van der Waals surface area contributed by atoms with Crippen LogP contribution >= 0.6 is 0 Å². The van der Waals surface area contributed by atoms with Gasteiger partial charge in [0.1, 0.15) is 5.60 Å². The first-order chi connectivity index (χ1) is 11.1. The summed E-state index contributed by atoms with van der Waals surface area (Å²) in [5, 5.41) is 2.90. The summed E-state index contributed by atoms with van der Waals surface area (Å²) in [6.45, 7) is 0.898. The number of hydrogen-bond donors (Lipinski definition) is 1. The van der Waals surface area contributed by atoms with Gasteiger partial charge in [-0.25, -0.2) is 15.0 Å². The molecule has 23 heavy (non-hydrogen) atoms. The zero-order valence-electron chi connectivity index (χ0n) is 12.4. The van der Waals surface area contributed by atoms with Crippen molar-refractivity contribution >= 4 is 12.0 Å². The third-order valence-corrected chi connectivity index (χ3v) is 4.69. The molecule has 1 N–H and O–H groups in total. The Balaban J connectivity index is 1.39. The Labute approximate surface area is 131 Å². The molecule has 1 atom stereocenters. The maximum Gasteiger partial charge on any atom is 0.387 e. The molecule has 3 fully saturated rings. The highest BCUT2D eigenvalue weighted by Gasteiger charge is 2.51. The van der Waals surface area contributed by atoms with E-state index in [2.05, 4.69) is 29.9 Å². The Hall–Kier alpha value is -2.03. The molecule has 1 spiro atoms. The molecule has 0 radical (unpaired) electrons. The number of amidine groups is 1. The van der Waals surface area contributed by atoms with Crippen LogP contribution in [0.4, 0.5) is 14.7 Å². The van der Waals surface area contributed by atoms with E-state index in [1.54, 1.807) is 0 Å². The van der Waals surface area contributed by atoms with Gasteiger partial charge in [-0.15, -0.1) is 0 Å². The first kappa shape index (κ1) is 14.6. The summed E-state index contributed by atoms with van der Waals surface area (Å²) in [4.78, 5) is 14.7. The molecular weight excluding hydrogens is 308 g/mol. The first-order valence-electron chi connectivity index (χ1n) is 7.63. The van der Waals surface area contributed by atoms with E-state index in [0.717, 1.165) is 32.5 Å². The molecule has 4 aliphatic heterocycles. The Morgan fingerprint density at radius 2 is 2.04 bits per heavy atom. The van der Waals surface area contributed by atoms with Crippen LogP contribution < -0.4 is 10.1 Å². The number of halogens is 2. The second-order valence-electron chi connectivity index (χ2n) is 6.08. The summed E-state index contributed by atoms with van der Waals surface area (Å²) in [7, 11) is 0. The van der Waals surface area contributed by atoms with Crippen molar-refractivity contribution in [3.05, 3.63) is 12.4 Å². The lowest BCUT2D eigenvalue weighted by Gasteiger charge is -2.50. The van der Waals surface area contributed by atoms with Gasteiger partial charge in [-0.05, 0) is 25.9 Å². The van der Waals surface area contributed by atoms with E-state index in [1.807, 2.05) is 0 Å². The van der Waals surface area contributed by atoms with E-state index >= 15 is 0 Å². The lowest BCUT2D eigenvalue weighted by molar-refractivity contribution is -0.0829. The number of hydrogen-bond acceptors (Lipinski definition) is 7. The minimum absolute atomic E-state index is 0.0892. The molecule has 0 saturated carbocycles. The molecule has 5 heterocycles. The van der Waals surface area contributed by atoms with Crippen LogP contribution in [0.2, 0.25) is 0 Å². The molecule has 5 rings (SSSR count). The number of nitrogens with zero attached hydrogens (tertiary/aromatic N) is 4. The van der Waals surface area contributed by atoms with Crippen LogP contribution in [-0.2, 0) is 4.74 Å². The summed E-state index contributed by atoms with van der Waals surface area (Å²) in [6.07, 6.45) is 4.64. The van der Waals surface area contributed by atoms with Gasteiger partial charge in [0.05, 0.1) is 18.9 Å². The van der Waals surface area contributed by atoms with Crippen LogP contribution in [0, 0.1) is 5.92 Å². The maximum absolute atomic E-state index is 12.1. The lowest BCUT2D eigenvalue weighted by atomic mass is 9.75. The van der Waals surface area contributed by atoms with Crippen molar-refractivity contribution in [1.82, 2.24) is 14.9 Å². The molecular formula is C14H17F2N5O2. The highest BCUT2D eigenvalue weighted by molar-refractivity contribution is 5.88. The highest BCUT2D eigenvalue weighted by atomic mass is 19.3. The maximum atomic E-state index is 12.1. The predicted octanol–water partition coefficient (Wildman–Crippen LogP) is 1.34. The number of fused-ring (bicyclic) bond motifs is 2. The molecule has 0 aliphatic carbocycles. The van der Waals surface area contributed by atoms with Crippen LogP contribution in [0.3, 0.4) is 0 Å². The van der Waals surface area contributed by atoms with Gasteiger partial charge in [0.2, 0.25) is 5.95 Å². The largest absolute Gasteiger partial charge is 0.455 e. The molecule has 3 saturated heterocycles. The second kappa shape index (κ2) is 5.55. The molecule has 124 valence electrons. The summed E-state index contributed by atoms with van der Waals surface area (Å²) >= 11 is 0. The van der Waals surface area contributed by atoms with Crippen LogP contribution in [0.1, 0.15) is 12.8 Å². The molecule has 1 aromatic rings. The van der Waals surface area contributed by atoms with Gasteiger partial charge in [0.25, 0.3) is 6.02 Å². The molecule has 0 aromatic carbocycles. The third kappa shape index (κ3) is 2.80. The second-order valence-corrected chi connectivity index (χ2v) is 6.08. The number of anilines is 1. The van der Waals surface area contributed by atoms with E-state index < -0.39 is 6.61 Å². The average molecular weight is 325 g/mol. The number of nitrogens with one attached hydrogen (secondary N) is 1. The molecule has 2 bridgehead atoms. The van der Waals surface area contributed by atoms with Crippen molar-refractivity contribution in [3.63, 3.8) is 0 Å². The van der Waals surface area contributed by atoms with Gasteiger partial charge in [-0.1, -0.05) is 0 Å². The van der Waals surface area contributed by atoms with Crippen LogP contribution in [0.15, 0.2) is 17.4 Å². The van der Waals surface area contributed by atoms with Gasteiger partial charge in [-0.3, -0.25) is 10.2 Å². The fraction of sp³-hybridized carbons (Fsp3) is 0.643. The minimum atomic E-state index is -2.89. The van der Waals surface area contributed by atoms with E-state index in [1.165, 1.54) is 12.4 Å². The summed E-state index contributed by atoms with van der Waals surface area (Å²) < 4.78 is 34.5. The van der Waals surface area contributed by atoms with Crippen molar-refractivity contribution in [2.75, 3.05) is 31.5 Å². The zero-order valence-corrected chi connectivity index (χ0v) is 12.4. The number of aliphatic imine (C=N–C) groups is 1. The fourth-order valence-electron chi connectivity index (χ4n) is 3.59. The number of aromatic nitrogens is 2. The van der Waals surface area contributed by atoms with Gasteiger partial charge in [0, 0.05) is 12.5 Å². The topological polar surface area (TPSA) is 71.9 Å². The molecule has 0 amide bonds. The molecule has 4 aliphatic rings. The van der Waals surface area contributed by atoms with Crippen molar-refractivity contribution in [1.29, 1.82) is 0 Å². The SMILES string of the molecule is FC(F)Oc1cnc(NC2=NC[C@@]3(CN4CCC3CC4)O2)nc1. The Morgan fingerprint density at radius 1 is 1.30 bits per heavy atom.